The van der Waals surface area contributed by atoms with Gasteiger partial charge in [0.25, 0.3) is 0 Å². The number of hydrogen-bond donors (Lipinski definition) is 3. The van der Waals surface area contributed by atoms with E-state index in [0.717, 1.165) is 5.56 Å². The molecule has 11 heteroatoms. The predicted molar refractivity (Wildman–Crippen MR) is 102 cm³/mol. The number of hydrogen-bond acceptors (Lipinski definition) is 8. The number of aldehydes is 1. The summed E-state index contributed by atoms with van der Waals surface area (Å²) in [7, 11) is 0. The van der Waals surface area contributed by atoms with Crippen LogP contribution in [0.15, 0.2) is 48.5 Å². The number of rotatable bonds is 8. The molecule has 0 atom stereocenters. The minimum absolute atomic E-state index is 0.0118. The summed E-state index contributed by atoms with van der Waals surface area (Å²) in [5.74, 6) is 0.0466. The highest BCUT2D eigenvalue weighted by Gasteiger charge is 2.29. The Kier molecular flexibility index (Phi) is 6.30. The molecule has 3 aromatic rings. The van der Waals surface area contributed by atoms with E-state index in [1.165, 1.54) is 12.1 Å². The molecule has 0 unspecified atom stereocenters. The van der Waals surface area contributed by atoms with Crippen molar-refractivity contribution in [3.8, 4) is 11.8 Å². The summed E-state index contributed by atoms with van der Waals surface area (Å²) < 4.78 is 42.1. The Balaban J connectivity index is 1.79. The molecular formula is C19H16F3N5O3. The van der Waals surface area contributed by atoms with E-state index in [2.05, 4.69) is 30.3 Å². The molecule has 0 saturated carbocycles. The molecule has 2 aromatic carbocycles. The SMILES string of the molecule is O=Cc1ccc(Nc2nc(NCc3ccc(O)cc3)nc(OCC(F)(F)F)n2)cc1. The number of alkyl halides is 3. The highest BCUT2D eigenvalue weighted by atomic mass is 19.4. The lowest BCUT2D eigenvalue weighted by Gasteiger charge is -2.12. The molecule has 156 valence electrons. The topological polar surface area (TPSA) is 109 Å². The van der Waals surface area contributed by atoms with Gasteiger partial charge >= 0.3 is 12.2 Å². The normalized spacial score (nSPS) is 11.0. The lowest BCUT2D eigenvalue weighted by molar-refractivity contribution is -0.154. The molecule has 0 fully saturated rings. The van der Waals surface area contributed by atoms with Gasteiger partial charge in [-0.1, -0.05) is 12.1 Å². The van der Waals surface area contributed by atoms with Gasteiger partial charge in [0.2, 0.25) is 11.9 Å². The molecule has 0 amide bonds. The molecule has 8 nitrogen and oxygen atoms in total. The number of nitrogens with one attached hydrogen (secondary N) is 2. The molecule has 0 bridgehead atoms. The van der Waals surface area contributed by atoms with Crippen molar-refractivity contribution in [3.63, 3.8) is 0 Å². The minimum Gasteiger partial charge on any atom is -0.508 e. The third kappa shape index (κ3) is 6.33. The van der Waals surface area contributed by atoms with Crippen LogP contribution >= 0.6 is 0 Å². The van der Waals surface area contributed by atoms with Gasteiger partial charge < -0.3 is 20.5 Å². The third-order valence-electron chi connectivity index (χ3n) is 3.67. The summed E-state index contributed by atoms with van der Waals surface area (Å²) in [6, 6.07) is 12.1. The van der Waals surface area contributed by atoms with E-state index in [1.54, 1.807) is 36.4 Å². The number of carbonyl (C=O) groups excluding carboxylic acids is 1. The first-order chi connectivity index (χ1) is 14.3. The molecular weight excluding hydrogens is 403 g/mol. The second-order valence-electron chi connectivity index (χ2n) is 6.05. The monoisotopic (exact) mass is 419 g/mol. The van der Waals surface area contributed by atoms with Crippen LogP contribution in [0.3, 0.4) is 0 Å². The zero-order valence-electron chi connectivity index (χ0n) is 15.3. The van der Waals surface area contributed by atoms with Crippen LogP contribution in [0.5, 0.6) is 11.8 Å². The number of phenols is 1. The Morgan fingerprint density at radius 1 is 0.967 bits per heavy atom. The van der Waals surface area contributed by atoms with E-state index in [0.29, 0.717) is 17.5 Å². The standard InChI is InChI=1S/C19H16F3N5O3/c20-19(21,22)11-30-18-26-16(23-9-12-3-7-15(29)8-4-12)25-17(27-18)24-14-5-1-13(10-28)2-6-14/h1-8,10,29H,9,11H2,(H2,23,24,25,26,27). The summed E-state index contributed by atoms with van der Waals surface area (Å²) in [6.07, 6.45) is -3.87. The van der Waals surface area contributed by atoms with Crippen molar-refractivity contribution in [2.24, 2.45) is 0 Å². The first-order valence-corrected chi connectivity index (χ1v) is 8.60. The minimum atomic E-state index is -4.55. The van der Waals surface area contributed by atoms with E-state index < -0.39 is 18.8 Å². The molecule has 0 spiro atoms. The van der Waals surface area contributed by atoms with Gasteiger partial charge in [-0.15, -0.1) is 0 Å². The Labute approximate surface area is 168 Å². The van der Waals surface area contributed by atoms with E-state index in [9.17, 15) is 23.1 Å². The summed E-state index contributed by atoms with van der Waals surface area (Å²) in [5, 5.41) is 15.0. The second-order valence-corrected chi connectivity index (χ2v) is 6.05. The number of halogens is 3. The van der Waals surface area contributed by atoms with Gasteiger partial charge in [-0.05, 0) is 42.0 Å². The van der Waals surface area contributed by atoms with E-state index in [-0.39, 0.29) is 24.2 Å². The fourth-order valence-electron chi connectivity index (χ4n) is 2.27. The number of aromatic hydroxyl groups is 1. The van der Waals surface area contributed by atoms with Gasteiger partial charge in [0.05, 0.1) is 0 Å². The third-order valence-corrected chi connectivity index (χ3v) is 3.67. The number of nitrogens with zero attached hydrogens (tertiary/aromatic N) is 3. The summed E-state index contributed by atoms with van der Waals surface area (Å²) in [5.41, 5.74) is 1.75. The zero-order valence-corrected chi connectivity index (χ0v) is 15.3. The number of phenolic OH excluding ortho intramolecular Hbond substituents is 1. The molecule has 3 N–H and O–H groups in total. The maximum absolute atomic E-state index is 12.5. The average molecular weight is 419 g/mol. The largest absolute Gasteiger partial charge is 0.508 e. The predicted octanol–water partition coefficient (Wildman–Crippen LogP) is 3.69. The number of anilines is 3. The van der Waals surface area contributed by atoms with Crippen LogP contribution in [0.2, 0.25) is 0 Å². The summed E-state index contributed by atoms with van der Waals surface area (Å²) in [6.45, 7) is -1.31. The van der Waals surface area contributed by atoms with Crippen LogP contribution in [0.4, 0.5) is 30.8 Å². The number of ether oxygens (including phenoxy) is 1. The molecule has 30 heavy (non-hydrogen) atoms. The second kappa shape index (κ2) is 9.07. The summed E-state index contributed by atoms with van der Waals surface area (Å²) in [4.78, 5) is 22.6. The van der Waals surface area contributed by atoms with Gasteiger partial charge in [0.1, 0.15) is 12.0 Å². The fraction of sp³-hybridized carbons (Fsp3) is 0.158. The molecule has 0 saturated heterocycles. The van der Waals surface area contributed by atoms with Crippen molar-refractivity contribution in [3.05, 3.63) is 59.7 Å². The van der Waals surface area contributed by atoms with Crippen LogP contribution in [0.1, 0.15) is 15.9 Å². The molecule has 0 aliphatic rings. The fourth-order valence-corrected chi connectivity index (χ4v) is 2.27. The lowest BCUT2D eigenvalue weighted by Crippen LogP contribution is -2.21. The average Bonchev–Trinajstić information content (AvgIpc) is 2.72. The van der Waals surface area contributed by atoms with Gasteiger partial charge in [-0.25, -0.2) is 0 Å². The number of carbonyl (C=O) groups is 1. The van der Waals surface area contributed by atoms with Gasteiger partial charge in [0, 0.05) is 17.8 Å². The van der Waals surface area contributed by atoms with Crippen LogP contribution in [-0.4, -0.2) is 39.1 Å². The van der Waals surface area contributed by atoms with Gasteiger partial charge in [0.15, 0.2) is 6.61 Å². The molecule has 0 radical (unpaired) electrons. The number of benzene rings is 2. The number of aromatic nitrogens is 3. The van der Waals surface area contributed by atoms with Crippen molar-refractivity contribution in [2.75, 3.05) is 17.2 Å². The first-order valence-electron chi connectivity index (χ1n) is 8.60. The van der Waals surface area contributed by atoms with Crippen LogP contribution in [0.25, 0.3) is 0 Å². The van der Waals surface area contributed by atoms with Crippen molar-refractivity contribution < 1.29 is 27.8 Å². The lowest BCUT2D eigenvalue weighted by atomic mass is 10.2. The van der Waals surface area contributed by atoms with Crippen molar-refractivity contribution in [1.29, 1.82) is 0 Å². The Bertz CT molecular complexity index is 996. The van der Waals surface area contributed by atoms with Gasteiger partial charge in [-0.2, -0.15) is 28.1 Å². The Morgan fingerprint density at radius 3 is 2.27 bits per heavy atom. The van der Waals surface area contributed by atoms with E-state index in [1.807, 2.05) is 0 Å². The molecule has 0 aliphatic carbocycles. The van der Waals surface area contributed by atoms with Gasteiger partial charge in [-0.3, -0.25) is 4.79 Å². The Hall–Kier alpha value is -3.89. The van der Waals surface area contributed by atoms with E-state index in [4.69, 9.17) is 0 Å². The highest BCUT2D eigenvalue weighted by Crippen LogP contribution is 2.20. The molecule has 3 rings (SSSR count). The van der Waals surface area contributed by atoms with Crippen molar-refractivity contribution >= 4 is 23.9 Å². The molecule has 1 aromatic heterocycles. The van der Waals surface area contributed by atoms with Crippen molar-refractivity contribution in [2.45, 2.75) is 12.7 Å². The van der Waals surface area contributed by atoms with Crippen LogP contribution in [0, 0.1) is 0 Å². The molecule has 0 aliphatic heterocycles. The maximum Gasteiger partial charge on any atom is 0.422 e. The highest BCUT2D eigenvalue weighted by molar-refractivity contribution is 5.76. The van der Waals surface area contributed by atoms with Crippen LogP contribution in [-0.2, 0) is 6.54 Å². The van der Waals surface area contributed by atoms with E-state index >= 15 is 0 Å². The smallest absolute Gasteiger partial charge is 0.422 e. The Morgan fingerprint density at radius 2 is 1.63 bits per heavy atom. The quantitative estimate of drug-likeness (QED) is 0.475. The summed E-state index contributed by atoms with van der Waals surface area (Å²) >= 11 is 0. The van der Waals surface area contributed by atoms with Crippen LogP contribution < -0.4 is 15.4 Å². The first kappa shape index (κ1) is 20.8. The zero-order chi connectivity index (χ0) is 21.6. The van der Waals surface area contributed by atoms with Crippen molar-refractivity contribution in [1.82, 2.24) is 15.0 Å². The molecule has 1 heterocycles. The maximum atomic E-state index is 12.5.